The molecule has 5 nitrogen and oxygen atoms in total. The molecule has 0 bridgehead atoms. The van der Waals surface area contributed by atoms with Gasteiger partial charge in [0.15, 0.2) is 0 Å². The van der Waals surface area contributed by atoms with Gasteiger partial charge >= 0.3 is 11.9 Å². The van der Waals surface area contributed by atoms with Crippen LogP contribution in [-0.4, -0.2) is 22.2 Å². The van der Waals surface area contributed by atoms with Gasteiger partial charge < -0.3 is 10.2 Å². The number of rotatable bonds is 9. The summed E-state index contributed by atoms with van der Waals surface area (Å²) in [5.74, 6) is -1.88. The molecule has 0 fully saturated rings. The minimum atomic E-state index is -0.994. The van der Waals surface area contributed by atoms with Gasteiger partial charge in [0.05, 0.1) is 11.6 Å². The smallest absolute Gasteiger partial charge is 0.335 e. The predicted octanol–water partition coefficient (Wildman–Crippen LogP) is 7.66. The van der Waals surface area contributed by atoms with Crippen molar-refractivity contribution in [1.82, 2.24) is 0 Å². The summed E-state index contributed by atoms with van der Waals surface area (Å²) in [6.45, 7) is 10.1. The Balaban J connectivity index is 0.000000632. The molecule has 0 unspecified atom stereocenters. The summed E-state index contributed by atoms with van der Waals surface area (Å²) in [6.07, 6.45) is 15.2. The molecule has 2 N–H and O–H groups in total. The van der Waals surface area contributed by atoms with E-state index in [-0.39, 0.29) is 5.57 Å². The molecule has 37 heavy (non-hydrogen) atoms. The van der Waals surface area contributed by atoms with Crippen LogP contribution in [0.1, 0.15) is 31.4 Å². The number of nitriles is 1. The molecule has 2 aromatic carbocycles. The van der Waals surface area contributed by atoms with Crippen molar-refractivity contribution in [2.24, 2.45) is 0 Å². The summed E-state index contributed by atoms with van der Waals surface area (Å²) in [6, 6.07) is 21.1. The summed E-state index contributed by atoms with van der Waals surface area (Å²) in [5, 5.41) is 26.3. The van der Waals surface area contributed by atoms with E-state index in [2.05, 4.69) is 13.2 Å². The highest BCUT2D eigenvalue weighted by atomic mass is 16.4. The van der Waals surface area contributed by atoms with E-state index in [1.807, 2.05) is 79.7 Å². The van der Waals surface area contributed by atoms with Gasteiger partial charge in [-0.25, -0.2) is 9.59 Å². The minimum Gasteiger partial charge on any atom is -0.478 e. The fraction of sp³-hybridized carbons (Fsp3) is 0.0938. The maximum atomic E-state index is 11.3. The van der Waals surface area contributed by atoms with Gasteiger partial charge in [-0.2, -0.15) is 5.26 Å². The molecule has 2 rings (SSSR count). The quantitative estimate of drug-likeness (QED) is 0.211. The molecule has 0 spiro atoms. The Morgan fingerprint density at radius 2 is 1.38 bits per heavy atom. The summed E-state index contributed by atoms with van der Waals surface area (Å²) in [7, 11) is 0. The second kappa shape index (κ2) is 20.4. The number of nitrogens with zero attached hydrogens (tertiary/aromatic N) is 1. The summed E-state index contributed by atoms with van der Waals surface area (Å²) in [5.41, 5.74) is 3.15. The number of hydrogen-bond donors (Lipinski definition) is 2. The number of hydrogen-bond acceptors (Lipinski definition) is 3. The monoisotopic (exact) mass is 495 g/mol. The zero-order valence-corrected chi connectivity index (χ0v) is 21.2. The first-order chi connectivity index (χ1) is 17.8. The van der Waals surface area contributed by atoms with Gasteiger partial charge in [0, 0.05) is 11.6 Å². The Kier molecular flexibility index (Phi) is 17.7. The number of carboxylic acid groups (broad SMARTS) is 2. The van der Waals surface area contributed by atoms with Crippen molar-refractivity contribution in [3.63, 3.8) is 0 Å². The van der Waals surface area contributed by atoms with Crippen LogP contribution in [0.5, 0.6) is 0 Å². The molecule has 0 saturated carbocycles. The van der Waals surface area contributed by atoms with Gasteiger partial charge in [0.25, 0.3) is 0 Å². The summed E-state index contributed by atoms with van der Waals surface area (Å²) < 4.78 is 0. The van der Waals surface area contributed by atoms with Crippen molar-refractivity contribution >= 4 is 24.1 Å². The summed E-state index contributed by atoms with van der Waals surface area (Å²) >= 11 is 0. The van der Waals surface area contributed by atoms with Gasteiger partial charge in [-0.15, -0.1) is 0 Å². The van der Waals surface area contributed by atoms with Crippen molar-refractivity contribution in [1.29, 1.82) is 5.26 Å². The van der Waals surface area contributed by atoms with E-state index in [1.54, 1.807) is 49.5 Å². The third-order valence-corrected chi connectivity index (χ3v) is 4.50. The first kappa shape index (κ1) is 32.0. The standard InChI is InChI=1S/C16H15NO2.C12H12O2.C4H6/c1-2-14(9-6-12-17)15(16(18)19)11-10-13-7-4-3-5-8-13;1-10(12(13)14)6-5-9-11-7-3-2-4-8-11;1-3-4-2/h3-11H,2H2,1H3,(H,18,19);2-9H,1H3,(H,13,14);3-4H,1-2H2. The van der Waals surface area contributed by atoms with E-state index in [0.717, 1.165) is 11.1 Å². The van der Waals surface area contributed by atoms with Crippen molar-refractivity contribution in [3.05, 3.63) is 144 Å². The molecular weight excluding hydrogens is 462 g/mol. The van der Waals surface area contributed by atoms with Gasteiger partial charge in [0.1, 0.15) is 0 Å². The molecule has 0 radical (unpaired) electrons. The lowest BCUT2D eigenvalue weighted by molar-refractivity contribution is -0.133. The Labute approximate surface area is 219 Å². The second-order valence-electron chi connectivity index (χ2n) is 7.20. The molecule has 0 atom stereocenters. The second-order valence-corrected chi connectivity index (χ2v) is 7.20. The maximum Gasteiger partial charge on any atom is 0.335 e. The zero-order chi connectivity index (χ0) is 27.9. The highest BCUT2D eigenvalue weighted by Gasteiger charge is 2.08. The Morgan fingerprint density at radius 3 is 1.78 bits per heavy atom. The zero-order valence-electron chi connectivity index (χ0n) is 21.2. The van der Waals surface area contributed by atoms with Crippen LogP contribution in [0.2, 0.25) is 0 Å². The fourth-order valence-electron chi connectivity index (χ4n) is 2.53. The van der Waals surface area contributed by atoms with E-state index in [0.29, 0.717) is 17.6 Å². The maximum absolute atomic E-state index is 11.3. The molecule has 0 aliphatic carbocycles. The molecule has 2 aromatic rings. The topological polar surface area (TPSA) is 98.4 Å². The normalized spacial score (nSPS) is 11.4. The van der Waals surface area contributed by atoms with Crippen LogP contribution in [0.15, 0.2) is 133 Å². The molecule has 0 aromatic heterocycles. The van der Waals surface area contributed by atoms with Gasteiger partial charge in [-0.3, -0.25) is 0 Å². The van der Waals surface area contributed by atoms with Crippen LogP contribution in [-0.2, 0) is 9.59 Å². The average Bonchev–Trinajstić information content (AvgIpc) is 2.92. The van der Waals surface area contributed by atoms with Crippen molar-refractivity contribution in [2.45, 2.75) is 20.3 Å². The largest absolute Gasteiger partial charge is 0.478 e. The minimum absolute atomic E-state index is 0.206. The first-order valence-corrected chi connectivity index (χ1v) is 11.4. The number of aliphatic carboxylic acids is 2. The third-order valence-electron chi connectivity index (χ3n) is 4.50. The lowest BCUT2D eigenvalue weighted by atomic mass is 10.0. The van der Waals surface area contributed by atoms with E-state index in [4.69, 9.17) is 10.4 Å². The molecule has 0 aliphatic rings. The lowest BCUT2D eigenvalue weighted by Gasteiger charge is -2.02. The van der Waals surface area contributed by atoms with Gasteiger partial charge in [-0.05, 0) is 42.2 Å². The number of benzene rings is 2. The van der Waals surface area contributed by atoms with E-state index in [9.17, 15) is 14.7 Å². The third kappa shape index (κ3) is 15.5. The highest BCUT2D eigenvalue weighted by molar-refractivity contribution is 5.92. The van der Waals surface area contributed by atoms with Crippen molar-refractivity contribution in [2.75, 3.05) is 0 Å². The Bertz CT molecular complexity index is 1190. The van der Waals surface area contributed by atoms with Crippen LogP contribution in [0, 0.1) is 11.3 Å². The van der Waals surface area contributed by atoms with Crippen LogP contribution >= 0.6 is 0 Å². The van der Waals surface area contributed by atoms with Crippen LogP contribution in [0.3, 0.4) is 0 Å². The van der Waals surface area contributed by atoms with E-state index in [1.165, 1.54) is 6.08 Å². The molecule has 0 amide bonds. The predicted molar refractivity (Wildman–Crippen MR) is 152 cm³/mol. The lowest BCUT2D eigenvalue weighted by Crippen LogP contribution is -2.01. The molecule has 5 heteroatoms. The molecular formula is C32H33NO4. The Hall–Kier alpha value is -4.95. The summed E-state index contributed by atoms with van der Waals surface area (Å²) in [4.78, 5) is 21.7. The molecule has 0 aliphatic heterocycles. The van der Waals surface area contributed by atoms with E-state index < -0.39 is 11.9 Å². The van der Waals surface area contributed by atoms with Crippen LogP contribution in [0.25, 0.3) is 12.2 Å². The number of allylic oxidation sites excluding steroid dienone is 7. The molecule has 0 heterocycles. The van der Waals surface area contributed by atoms with Crippen molar-refractivity contribution < 1.29 is 19.8 Å². The average molecular weight is 496 g/mol. The number of carboxylic acids is 2. The SMILES string of the molecule is C=CC=C.CC(=CC=Cc1ccccc1)C(=O)O.CCC(C=CC#N)=C(C=Cc1ccccc1)C(=O)O. The van der Waals surface area contributed by atoms with E-state index >= 15 is 0 Å². The van der Waals surface area contributed by atoms with Crippen LogP contribution < -0.4 is 0 Å². The Morgan fingerprint density at radius 1 is 0.865 bits per heavy atom. The van der Waals surface area contributed by atoms with Gasteiger partial charge in [-0.1, -0.05) is 117 Å². The molecule has 0 saturated heterocycles. The van der Waals surface area contributed by atoms with Crippen molar-refractivity contribution in [3.8, 4) is 6.07 Å². The first-order valence-electron chi connectivity index (χ1n) is 11.4. The highest BCUT2D eigenvalue weighted by Crippen LogP contribution is 2.14. The number of carbonyl (C=O) groups is 2. The fourth-order valence-corrected chi connectivity index (χ4v) is 2.53. The molecule has 190 valence electrons. The van der Waals surface area contributed by atoms with Crippen LogP contribution in [0.4, 0.5) is 0 Å². The van der Waals surface area contributed by atoms with Gasteiger partial charge in [0.2, 0.25) is 0 Å².